The molecule has 2 heterocycles. The molecule has 0 aliphatic carbocycles. The Hall–Kier alpha value is -1.72. The molecule has 2 aromatic heterocycles. The monoisotopic (exact) mass is 316 g/mol. The number of hydrogen-bond donors (Lipinski definition) is 1. The molecule has 5 heteroatoms. The van der Waals surface area contributed by atoms with E-state index in [4.69, 9.17) is 5.73 Å². The zero-order valence-electron chi connectivity index (χ0n) is 10.3. The maximum atomic E-state index is 5.63. The third-order valence-corrected chi connectivity index (χ3v) is 3.86. The molecule has 0 atom stereocenters. The van der Waals surface area contributed by atoms with Crippen LogP contribution in [0.15, 0.2) is 47.1 Å². The lowest BCUT2D eigenvalue weighted by molar-refractivity contribution is 0.929. The largest absolute Gasteiger partial charge is 0.326 e. The van der Waals surface area contributed by atoms with Crippen LogP contribution in [0.5, 0.6) is 0 Å². The Morgan fingerprint density at radius 1 is 1.16 bits per heavy atom. The van der Waals surface area contributed by atoms with Gasteiger partial charge in [0.25, 0.3) is 0 Å². The summed E-state index contributed by atoms with van der Waals surface area (Å²) >= 11 is 3.55. The molecule has 1 aromatic carbocycles. The number of pyridine rings is 1. The fraction of sp³-hybridized carbons (Fsp3) is 0.143. The molecule has 0 bridgehead atoms. The molecule has 0 aliphatic rings. The molecular weight excluding hydrogens is 304 g/mol. The predicted molar refractivity (Wildman–Crippen MR) is 77.8 cm³/mol. The van der Waals surface area contributed by atoms with E-state index < -0.39 is 0 Å². The highest BCUT2D eigenvalue weighted by atomic mass is 79.9. The van der Waals surface area contributed by atoms with E-state index in [2.05, 4.69) is 32.2 Å². The van der Waals surface area contributed by atoms with Crippen molar-refractivity contribution >= 4 is 21.6 Å². The SMILES string of the molecule is NCc1ccn2c(Cc3ccccc3Br)nnc2c1. The zero-order valence-corrected chi connectivity index (χ0v) is 11.8. The second-order valence-corrected chi connectivity index (χ2v) is 5.21. The summed E-state index contributed by atoms with van der Waals surface area (Å²) in [7, 11) is 0. The lowest BCUT2D eigenvalue weighted by atomic mass is 10.1. The molecule has 96 valence electrons. The second-order valence-electron chi connectivity index (χ2n) is 4.35. The third-order valence-electron chi connectivity index (χ3n) is 3.09. The number of aromatic nitrogens is 3. The molecule has 4 nitrogen and oxygen atoms in total. The van der Waals surface area contributed by atoms with Crippen molar-refractivity contribution in [1.82, 2.24) is 14.6 Å². The van der Waals surface area contributed by atoms with Crippen LogP contribution in [0.1, 0.15) is 17.0 Å². The van der Waals surface area contributed by atoms with E-state index in [1.165, 1.54) is 5.56 Å². The third kappa shape index (κ3) is 2.39. The Morgan fingerprint density at radius 2 is 2.00 bits per heavy atom. The highest BCUT2D eigenvalue weighted by Crippen LogP contribution is 2.19. The van der Waals surface area contributed by atoms with Crippen LogP contribution < -0.4 is 5.73 Å². The number of fused-ring (bicyclic) bond motifs is 1. The first-order valence-corrected chi connectivity index (χ1v) is 6.83. The maximum Gasteiger partial charge on any atom is 0.161 e. The number of nitrogens with zero attached hydrogens (tertiary/aromatic N) is 3. The lowest BCUT2D eigenvalue weighted by Gasteiger charge is -2.03. The van der Waals surface area contributed by atoms with Crippen LogP contribution in [0.25, 0.3) is 5.65 Å². The van der Waals surface area contributed by atoms with Crippen molar-refractivity contribution in [3.63, 3.8) is 0 Å². The van der Waals surface area contributed by atoms with Crippen LogP contribution in [-0.2, 0) is 13.0 Å². The molecule has 0 amide bonds. The van der Waals surface area contributed by atoms with Gasteiger partial charge in [-0.25, -0.2) is 0 Å². The lowest BCUT2D eigenvalue weighted by Crippen LogP contribution is -2.00. The van der Waals surface area contributed by atoms with Gasteiger partial charge in [0.2, 0.25) is 0 Å². The molecular formula is C14H13BrN4. The van der Waals surface area contributed by atoms with Crippen molar-refractivity contribution in [2.24, 2.45) is 5.73 Å². The zero-order chi connectivity index (χ0) is 13.2. The van der Waals surface area contributed by atoms with Crippen molar-refractivity contribution in [3.05, 3.63) is 64.0 Å². The predicted octanol–water partition coefficient (Wildman–Crippen LogP) is 2.54. The van der Waals surface area contributed by atoms with E-state index >= 15 is 0 Å². The molecule has 19 heavy (non-hydrogen) atoms. The fourth-order valence-corrected chi connectivity index (χ4v) is 2.47. The van der Waals surface area contributed by atoms with Gasteiger partial charge in [0.05, 0.1) is 0 Å². The van der Waals surface area contributed by atoms with E-state index in [-0.39, 0.29) is 0 Å². The van der Waals surface area contributed by atoms with Crippen molar-refractivity contribution in [2.45, 2.75) is 13.0 Å². The first kappa shape index (κ1) is 12.3. The summed E-state index contributed by atoms with van der Waals surface area (Å²) in [4.78, 5) is 0. The van der Waals surface area contributed by atoms with Gasteiger partial charge in [-0.2, -0.15) is 0 Å². The molecule has 0 unspecified atom stereocenters. The molecule has 0 spiro atoms. The highest BCUT2D eigenvalue weighted by Gasteiger charge is 2.08. The van der Waals surface area contributed by atoms with Crippen molar-refractivity contribution < 1.29 is 0 Å². The molecule has 0 radical (unpaired) electrons. The summed E-state index contributed by atoms with van der Waals surface area (Å²) in [6.07, 6.45) is 2.72. The normalized spacial score (nSPS) is 11.1. The molecule has 3 rings (SSSR count). The quantitative estimate of drug-likeness (QED) is 0.808. The second kappa shape index (κ2) is 5.11. The Morgan fingerprint density at radius 3 is 2.79 bits per heavy atom. The molecule has 3 aromatic rings. The van der Waals surface area contributed by atoms with Crippen LogP contribution in [0.3, 0.4) is 0 Å². The summed E-state index contributed by atoms with van der Waals surface area (Å²) in [6, 6.07) is 12.1. The van der Waals surface area contributed by atoms with E-state index in [0.717, 1.165) is 27.9 Å². The average Bonchev–Trinajstić information content (AvgIpc) is 2.83. The minimum Gasteiger partial charge on any atom is -0.326 e. The Labute approximate surface area is 119 Å². The fourth-order valence-electron chi connectivity index (χ4n) is 2.04. The molecule has 0 fully saturated rings. The van der Waals surface area contributed by atoms with Gasteiger partial charge in [0.15, 0.2) is 5.65 Å². The Balaban J connectivity index is 2.00. The minimum atomic E-state index is 0.517. The smallest absolute Gasteiger partial charge is 0.161 e. The molecule has 0 saturated carbocycles. The Kier molecular flexibility index (Phi) is 3.31. The molecule has 2 N–H and O–H groups in total. The van der Waals surface area contributed by atoms with Crippen molar-refractivity contribution in [1.29, 1.82) is 0 Å². The van der Waals surface area contributed by atoms with Crippen LogP contribution in [0.2, 0.25) is 0 Å². The number of hydrogen-bond acceptors (Lipinski definition) is 3. The summed E-state index contributed by atoms with van der Waals surface area (Å²) in [5.74, 6) is 0.922. The van der Waals surface area contributed by atoms with Gasteiger partial charge < -0.3 is 5.73 Å². The van der Waals surface area contributed by atoms with E-state index in [0.29, 0.717) is 6.54 Å². The van der Waals surface area contributed by atoms with Gasteiger partial charge in [-0.15, -0.1) is 10.2 Å². The summed E-state index contributed by atoms with van der Waals surface area (Å²) in [5, 5.41) is 8.45. The molecule has 0 aliphatic heterocycles. The van der Waals surface area contributed by atoms with E-state index in [9.17, 15) is 0 Å². The standard InChI is InChI=1S/C14H13BrN4/c15-12-4-2-1-3-11(12)8-14-18-17-13-7-10(9-16)5-6-19(13)14/h1-7H,8-9,16H2. The van der Waals surface area contributed by atoms with Crippen molar-refractivity contribution in [3.8, 4) is 0 Å². The number of rotatable bonds is 3. The van der Waals surface area contributed by atoms with E-state index in [1.54, 1.807) is 0 Å². The van der Waals surface area contributed by atoms with Gasteiger partial charge in [0, 0.05) is 23.6 Å². The summed E-state index contributed by atoms with van der Waals surface area (Å²) < 4.78 is 3.09. The van der Waals surface area contributed by atoms with Crippen LogP contribution in [-0.4, -0.2) is 14.6 Å². The highest BCUT2D eigenvalue weighted by molar-refractivity contribution is 9.10. The number of halogens is 1. The summed E-state index contributed by atoms with van der Waals surface area (Å²) in [6.45, 7) is 0.517. The number of benzene rings is 1. The average molecular weight is 317 g/mol. The first-order valence-electron chi connectivity index (χ1n) is 6.04. The first-order chi connectivity index (χ1) is 9.28. The van der Waals surface area contributed by atoms with Gasteiger partial charge >= 0.3 is 0 Å². The van der Waals surface area contributed by atoms with Gasteiger partial charge in [-0.3, -0.25) is 4.40 Å². The van der Waals surface area contributed by atoms with Gasteiger partial charge in [0.1, 0.15) is 5.82 Å². The van der Waals surface area contributed by atoms with E-state index in [1.807, 2.05) is 40.9 Å². The van der Waals surface area contributed by atoms with Crippen LogP contribution in [0, 0.1) is 0 Å². The maximum absolute atomic E-state index is 5.63. The topological polar surface area (TPSA) is 56.2 Å². The van der Waals surface area contributed by atoms with Gasteiger partial charge in [-0.05, 0) is 29.3 Å². The number of nitrogens with two attached hydrogens (primary N) is 1. The van der Waals surface area contributed by atoms with Crippen LogP contribution >= 0.6 is 15.9 Å². The minimum absolute atomic E-state index is 0.517. The van der Waals surface area contributed by atoms with Crippen LogP contribution in [0.4, 0.5) is 0 Å². The van der Waals surface area contributed by atoms with Crippen molar-refractivity contribution in [2.75, 3.05) is 0 Å². The summed E-state index contributed by atoms with van der Waals surface area (Å²) in [5.41, 5.74) is 8.72. The Bertz CT molecular complexity index is 720. The molecule has 0 saturated heterocycles. The van der Waals surface area contributed by atoms with Gasteiger partial charge in [-0.1, -0.05) is 34.1 Å².